The molecule has 0 aromatic carbocycles. The molecule has 1 aliphatic heterocycles. The normalized spacial score (nSPS) is 20.0. The molecule has 7 nitrogen and oxygen atoms in total. The molecule has 1 aliphatic rings. The summed E-state index contributed by atoms with van der Waals surface area (Å²) in [5.41, 5.74) is 0. The molecule has 1 saturated heterocycles. The lowest BCUT2D eigenvalue weighted by molar-refractivity contribution is 0.203. The van der Waals surface area contributed by atoms with E-state index in [2.05, 4.69) is 10.2 Å². The lowest BCUT2D eigenvalue weighted by Gasteiger charge is -2.16. The van der Waals surface area contributed by atoms with Crippen molar-refractivity contribution in [1.82, 2.24) is 14.5 Å². The van der Waals surface area contributed by atoms with E-state index in [-0.39, 0.29) is 11.9 Å². The topological polar surface area (TPSA) is 81.6 Å². The molecule has 1 unspecified atom stereocenters. The minimum absolute atomic E-state index is 0.177. The van der Waals surface area contributed by atoms with Crippen LogP contribution in [0, 0.1) is 0 Å². The van der Waals surface area contributed by atoms with Gasteiger partial charge in [-0.25, -0.2) is 8.42 Å². The van der Waals surface area contributed by atoms with Crippen LogP contribution in [0.25, 0.3) is 0 Å². The van der Waals surface area contributed by atoms with Gasteiger partial charge in [-0.2, -0.15) is 4.31 Å². The van der Waals surface area contributed by atoms with Crippen LogP contribution in [-0.4, -0.2) is 55.0 Å². The molecule has 0 spiro atoms. The van der Waals surface area contributed by atoms with E-state index in [0.29, 0.717) is 37.7 Å². The monoisotopic (exact) mass is 301 g/mol. The molecule has 1 fully saturated rings. The van der Waals surface area contributed by atoms with E-state index in [9.17, 15) is 8.42 Å². The van der Waals surface area contributed by atoms with Gasteiger partial charge >= 0.3 is 0 Å². The van der Waals surface area contributed by atoms with Gasteiger partial charge in [0, 0.05) is 18.7 Å². The predicted molar refractivity (Wildman–Crippen MR) is 73.3 cm³/mol. The van der Waals surface area contributed by atoms with Crippen molar-refractivity contribution in [3.05, 3.63) is 12.1 Å². The summed E-state index contributed by atoms with van der Waals surface area (Å²) in [6.07, 6.45) is 1.11. The predicted octanol–water partition coefficient (Wildman–Crippen LogP) is 0.678. The van der Waals surface area contributed by atoms with Crippen LogP contribution in [0.5, 0.6) is 11.8 Å². The molecular formula is C12H19N3O4S. The Bertz CT molecular complexity index is 532. The molecular weight excluding hydrogens is 282 g/mol. The average molecular weight is 301 g/mol. The Morgan fingerprint density at radius 2 is 2.05 bits per heavy atom. The third kappa shape index (κ3) is 3.57. The summed E-state index contributed by atoms with van der Waals surface area (Å²) in [7, 11) is -1.64. The van der Waals surface area contributed by atoms with Gasteiger partial charge < -0.3 is 9.47 Å². The number of hydrogen-bond acceptors (Lipinski definition) is 6. The number of aromatic nitrogens is 2. The zero-order valence-electron chi connectivity index (χ0n) is 11.7. The second kappa shape index (κ2) is 6.36. The molecule has 20 heavy (non-hydrogen) atoms. The summed E-state index contributed by atoms with van der Waals surface area (Å²) in [6.45, 7) is 2.72. The van der Waals surface area contributed by atoms with E-state index in [0.717, 1.165) is 0 Å². The van der Waals surface area contributed by atoms with Crippen molar-refractivity contribution in [3.8, 4) is 11.8 Å². The van der Waals surface area contributed by atoms with Gasteiger partial charge in [0.1, 0.15) is 6.10 Å². The van der Waals surface area contributed by atoms with E-state index in [1.54, 1.807) is 12.1 Å². The van der Waals surface area contributed by atoms with Crippen molar-refractivity contribution in [2.24, 2.45) is 0 Å². The van der Waals surface area contributed by atoms with Gasteiger partial charge in [-0.15, -0.1) is 10.2 Å². The van der Waals surface area contributed by atoms with Gasteiger partial charge in [0.15, 0.2) is 0 Å². The van der Waals surface area contributed by atoms with Crippen LogP contribution in [0.3, 0.4) is 0 Å². The Labute approximate surface area is 119 Å². The fourth-order valence-electron chi connectivity index (χ4n) is 2.08. The quantitative estimate of drug-likeness (QED) is 0.768. The number of methoxy groups -OCH3 is 1. The molecule has 2 rings (SSSR count). The van der Waals surface area contributed by atoms with Crippen LogP contribution in [-0.2, 0) is 10.0 Å². The van der Waals surface area contributed by atoms with Crippen LogP contribution in [0.2, 0.25) is 0 Å². The van der Waals surface area contributed by atoms with Crippen molar-refractivity contribution in [1.29, 1.82) is 0 Å². The van der Waals surface area contributed by atoms with E-state index in [1.165, 1.54) is 11.4 Å². The summed E-state index contributed by atoms with van der Waals surface area (Å²) in [5.74, 6) is 0.976. The minimum atomic E-state index is -3.15. The Kier molecular flexibility index (Phi) is 4.77. The van der Waals surface area contributed by atoms with Crippen LogP contribution in [0.4, 0.5) is 0 Å². The number of ether oxygens (including phenoxy) is 2. The molecule has 0 amide bonds. The summed E-state index contributed by atoms with van der Waals surface area (Å²) in [4.78, 5) is 0. The van der Waals surface area contributed by atoms with E-state index in [4.69, 9.17) is 9.47 Å². The molecule has 0 bridgehead atoms. The zero-order valence-corrected chi connectivity index (χ0v) is 12.5. The van der Waals surface area contributed by atoms with E-state index < -0.39 is 10.0 Å². The SMILES string of the molecule is CCCS(=O)(=O)N1CCC(Oc2ccc(OC)nn2)C1. The first-order valence-corrected chi connectivity index (χ1v) is 8.18. The standard InChI is InChI=1S/C12H19N3O4S/c1-3-8-20(16,17)15-7-6-10(9-15)19-12-5-4-11(18-2)13-14-12/h4-5,10H,3,6-9H2,1-2H3. The van der Waals surface area contributed by atoms with Crippen LogP contribution in [0.15, 0.2) is 12.1 Å². The maximum atomic E-state index is 11.9. The summed E-state index contributed by atoms with van der Waals surface area (Å²) in [6, 6.07) is 3.32. The van der Waals surface area contributed by atoms with Crippen LogP contribution >= 0.6 is 0 Å². The van der Waals surface area contributed by atoms with E-state index in [1.807, 2.05) is 6.92 Å². The highest BCUT2D eigenvalue weighted by Gasteiger charge is 2.32. The largest absolute Gasteiger partial charge is 0.480 e. The molecule has 0 aliphatic carbocycles. The third-order valence-electron chi connectivity index (χ3n) is 3.08. The first-order chi connectivity index (χ1) is 9.55. The number of nitrogens with zero attached hydrogens (tertiary/aromatic N) is 3. The van der Waals surface area contributed by atoms with Crippen molar-refractivity contribution in [2.45, 2.75) is 25.9 Å². The van der Waals surface area contributed by atoms with Gasteiger partial charge in [-0.05, 0) is 12.8 Å². The molecule has 8 heteroatoms. The molecule has 112 valence electrons. The lowest BCUT2D eigenvalue weighted by Crippen LogP contribution is -2.32. The lowest BCUT2D eigenvalue weighted by atomic mass is 10.3. The highest BCUT2D eigenvalue weighted by molar-refractivity contribution is 7.89. The van der Waals surface area contributed by atoms with Gasteiger partial charge in [0.25, 0.3) is 0 Å². The van der Waals surface area contributed by atoms with Crippen molar-refractivity contribution < 1.29 is 17.9 Å². The Morgan fingerprint density at radius 3 is 2.65 bits per heavy atom. The van der Waals surface area contributed by atoms with Crippen LogP contribution < -0.4 is 9.47 Å². The molecule has 1 atom stereocenters. The second-order valence-corrected chi connectivity index (χ2v) is 6.70. The molecule has 1 aromatic rings. The highest BCUT2D eigenvalue weighted by atomic mass is 32.2. The maximum Gasteiger partial charge on any atom is 0.233 e. The molecule has 0 radical (unpaired) electrons. The maximum absolute atomic E-state index is 11.9. The minimum Gasteiger partial charge on any atom is -0.480 e. The summed E-state index contributed by atoms with van der Waals surface area (Å²) in [5, 5.41) is 7.68. The number of rotatable bonds is 6. The van der Waals surface area contributed by atoms with Gasteiger partial charge in [0.05, 0.1) is 19.4 Å². The third-order valence-corrected chi connectivity index (χ3v) is 5.12. The molecule has 0 N–H and O–H groups in total. The Morgan fingerprint density at radius 1 is 1.35 bits per heavy atom. The fraction of sp³-hybridized carbons (Fsp3) is 0.667. The first kappa shape index (κ1) is 15.0. The van der Waals surface area contributed by atoms with Crippen molar-refractivity contribution >= 4 is 10.0 Å². The number of hydrogen-bond donors (Lipinski definition) is 0. The van der Waals surface area contributed by atoms with Gasteiger partial charge in [0.2, 0.25) is 21.8 Å². The summed E-state index contributed by atoms with van der Waals surface area (Å²) >= 11 is 0. The Hall–Kier alpha value is -1.41. The summed E-state index contributed by atoms with van der Waals surface area (Å²) < 4.78 is 35.9. The number of sulfonamides is 1. The van der Waals surface area contributed by atoms with E-state index >= 15 is 0 Å². The second-order valence-electron chi connectivity index (χ2n) is 4.62. The average Bonchev–Trinajstić information content (AvgIpc) is 2.89. The molecule has 1 aromatic heterocycles. The van der Waals surface area contributed by atoms with Crippen molar-refractivity contribution in [3.63, 3.8) is 0 Å². The molecule has 2 heterocycles. The van der Waals surface area contributed by atoms with Gasteiger partial charge in [-0.1, -0.05) is 6.92 Å². The Balaban J connectivity index is 1.92. The first-order valence-electron chi connectivity index (χ1n) is 6.57. The molecule has 0 saturated carbocycles. The smallest absolute Gasteiger partial charge is 0.233 e. The highest BCUT2D eigenvalue weighted by Crippen LogP contribution is 2.20. The zero-order chi connectivity index (χ0) is 14.6. The van der Waals surface area contributed by atoms with Gasteiger partial charge in [-0.3, -0.25) is 0 Å². The van der Waals surface area contributed by atoms with Crippen LogP contribution in [0.1, 0.15) is 19.8 Å². The fourth-order valence-corrected chi connectivity index (χ4v) is 3.63. The van der Waals surface area contributed by atoms with Crippen molar-refractivity contribution in [2.75, 3.05) is 26.0 Å².